The van der Waals surface area contributed by atoms with Gasteiger partial charge in [-0.1, -0.05) is 129 Å². The number of anilines is 3. The molecule has 13 rings (SSSR count). The number of carbonyl (C=O) groups is 8. The number of aryl methyl sites for hydroxylation is 3. The van der Waals surface area contributed by atoms with Gasteiger partial charge in [0.1, 0.15) is 51.4 Å². The number of carboxylic acid groups (broad SMARTS) is 1. The van der Waals surface area contributed by atoms with Crippen LogP contribution in [-0.4, -0.2) is 122 Å². The van der Waals surface area contributed by atoms with Gasteiger partial charge in [0.05, 0.1) is 43.7 Å². The van der Waals surface area contributed by atoms with Crippen molar-refractivity contribution in [2.24, 2.45) is 26.9 Å². The van der Waals surface area contributed by atoms with Crippen LogP contribution in [0.1, 0.15) is 167 Å². The van der Waals surface area contributed by atoms with Gasteiger partial charge < -0.3 is 74.1 Å². The number of aldehydes is 2. The molecule has 27 nitrogen and oxygen atoms in total. The Morgan fingerprint density at radius 2 is 0.755 bits per heavy atom. The van der Waals surface area contributed by atoms with Gasteiger partial charge in [0, 0.05) is 108 Å². The van der Waals surface area contributed by atoms with Crippen LogP contribution in [0.15, 0.2) is 219 Å². The van der Waals surface area contributed by atoms with Crippen LogP contribution in [0, 0.1) is 59.0 Å². The van der Waals surface area contributed by atoms with Crippen molar-refractivity contribution in [1.82, 2.24) is 19.0 Å². The molecular formula is C105H114B2BrF3N8NaO19. The zero-order valence-corrected chi connectivity index (χ0v) is 86.0. The van der Waals surface area contributed by atoms with E-state index in [1.807, 2.05) is 200 Å². The molecule has 3 radical (unpaired) electrons. The van der Waals surface area contributed by atoms with Crippen molar-refractivity contribution in [1.29, 1.82) is 0 Å². The molecule has 1 saturated heterocycles. The predicted molar refractivity (Wildman–Crippen MR) is 535 cm³/mol. The zero-order chi connectivity index (χ0) is 102. The van der Waals surface area contributed by atoms with Crippen LogP contribution >= 0.6 is 15.9 Å². The second kappa shape index (κ2) is 53.0. The number of aliphatic carboxylic acids is 1. The van der Waals surface area contributed by atoms with Crippen LogP contribution in [0.3, 0.4) is 0 Å². The standard InChI is InChI=1S/C32H34FN3O3.C29H25FN2O4.C21H24BFO4.C14H13BrN2O2.C4H6O4.C3H9N.C2H4O2.B.Na/c1-19(2)34-18-27-28(33)16-22(17-30(27)39-6)23-10-7-11-24(20(23)3)25-12-8-14-29(21(25)4)35-31(37)26-13-9-15-36(5)32(26)38;1-17-20(19-14-25(30)24(16-33)27(15-19)36-4)8-5-9-21(17)22-10-6-12-26(18(22)2)31-28(34)23-11-7-13-32(3)29(23)35;1-13-15(14-10-18(23)16(12-24)19(11-14)25-6)8-7-9-17(13)22-26-20(2,3)21(4,5)27-22;1-9-11(15)6-3-7-12(9)16-13(18)10-5-4-8-17(2)14(10)19;1-3(5)7-8-4(2)6;1-3(2)4;1-2(3)4;;/h7-17,19,34H,18H2,1-6H3,(H,35,37);5-16H,1-4H3,(H,31,34);7-12H,1-6H3;3-8H,1-2H3,(H,16,18);1-2H3;3H,4H2,1-2H3;1H3,(H,3,4);;/q;;;;;;;;+1/p-1. The van der Waals surface area contributed by atoms with E-state index >= 15 is 4.39 Å². The number of hydrogen-bond acceptors (Lipinski definition) is 21. The van der Waals surface area contributed by atoms with Crippen LogP contribution in [-0.2, 0) is 61.2 Å². The first-order valence-corrected chi connectivity index (χ1v) is 43.9. The molecule has 0 bridgehead atoms. The Hall–Kier alpha value is -13.4. The first-order chi connectivity index (χ1) is 64.6. The number of nitrogens with one attached hydrogen (secondary N) is 4. The van der Waals surface area contributed by atoms with Crippen LogP contribution in [0.25, 0.3) is 55.6 Å². The van der Waals surface area contributed by atoms with E-state index in [1.165, 1.54) is 58.3 Å². The van der Waals surface area contributed by atoms with Crippen LogP contribution in [0.5, 0.6) is 17.2 Å². The molecule has 34 heteroatoms. The predicted octanol–water partition coefficient (Wildman–Crippen LogP) is 14.2. The maximum absolute atomic E-state index is 15.2. The summed E-state index contributed by atoms with van der Waals surface area (Å²) in [7, 11) is 8.67. The van der Waals surface area contributed by atoms with Crippen molar-refractivity contribution in [3.63, 3.8) is 0 Å². The minimum Gasteiger partial charge on any atom is -0.550 e. The summed E-state index contributed by atoms with van der Waals surface area (Å²) in [6, 6.07) is 53.6. The number of benzene rings is 9. The molecule has 1 fully saturated rings. The summed E-state index contributed by atoms with van der Waals surface area (Å²) in [5.41, 5.74) is 20.0. The fraction of sp³-hybridized carbons (Fsp3) is 0.267. The first kappa shape index (κ1) is 116. The molecule has 723 valence electrons. The minimum atomic E-state index is -1.08. The van der Waals surface area contributed by atoms with Crippen molar-refractivity contribution in [3.05, 3.63) is 320 Å². The summed E-state index contributed by atoms with van der Waals surface area (Å²) in [5, 5.41) is 20.6. The van der Waals surface area contributed by atoms with Gasteiger partial charge in [0.25, 0.3) is 34.4 Å². The molecule has 0 atom stereocenters. The van der Waals surface area contributed by atoms with E-state index in [0.717, 1.165) is 109 Å². The minimum absolute atomic E-state index is 0. The molecule has 12 aromatic rings. The molecule has 3 amide bonds. The Balaban J connectivity index is 0.000000315. The second-order valence-electron chi connectivity index (χ2n) is 33.3. The quantitative estimate of drug-likeness (QED) is 0.0205. The van der Waals surface area contributed by atoms with Crippen LogP contribution < -0.4 is 98.0 Å². The summed E-state index contributed by atoms with van der Waals surface area (Å²) in [6.45, 7) is 31.2. The van der Waals surface area contributed by atoms with Gasteiger partial charge in [0.2, 0.25) is 0 Å². The third-order valence-corrected chi connectivity index (χ3v) is 22.9. The van der Waals surface area contributed by atoms with Crippen molar-refractivity contribution in [3.8, 4) is 72.9 Å². The molecule has 9 aromatic carbocycles. The number of amides is 3. The van der Waals surface area contributed by atoms with Crippen molar-refractivity contribution in [2.75, 3.05) is 37.3 Å². The third-order valence-electron chi connectivity index (χ3n) is 22.0. The average Bonchev–Trinajstić information content (AvgIpc) is 1.64. The van der Waals surface area contributed by atoms with Crippen LogP contribution in [0.2, 0.25) is 0 Å². The SMILES string of the molecule is CC(=O)OOC(C)=O.CC(=O)[O-].CC(C)N.COc1cc(-c2cccc(-c3cccc(NC(=O)c4cccn(C)c4=O)c3C)c2C)cc(F)c1C=O.COc1cc(-c2cccc(-c3cccc(NC(=O)c4cccn(C)c4=O)c3C)c2C)cc(F)c1CNC(C)C.COc1cc(-c2cccc(B3OC(C)(C)C(C)(C)O3)c2C)cc(F)c1C=O.Cc1c(Br)cccc1NC(=O)c1cccn(C)c1=O.[B].[Na+]. The Morgan fingerprint density at radius 3 is 1.09 bits per heavy atom. The molecule has 1 aliphatic rings. The van der Waals surface area contributed by atoms with E-state index in [0.29, 0.717) is 64.7 Å². The number of hydrogen-bond donors (Lipinski definition) is 5. The van der Waals surface area contributed by atoms with Gasteiger partial charge in [-0.2, -0.15) is 0 Å². The number of nitrogens with two attached hydrogens (primary N) is 1. The number of carboxylic acids is 1. The van der Waals surface area contributed by atoms with Gasteiger partial charge in [-0.15, -0.1) is 0 Å². The first-order valence-electron chi connectivity index (χ1n) is 43.1. The maximum atomic E-state index is 15.2. The average molecular weight is 1970 g/mol. The largest absolute Gasteiger partial charge is 1.00 e. The van der Waals surface area contributed by atoms with Crippen molar-refractivity contribution in [2.45, 2.75) is 148 Å². The molecule has 0 spiro atoms. The summed E-state index contributed by atoms with van der Waals surface area (Å²) >= 11 is 3.40. The van der Waals surface area contributed by atoms with Gasteiger partial charge in [-0.25, -0.2) is 32.5 Å². The Morgan fingerprint density at radius 1 is 0.460 bits per heavy atom. The molecule has 6 N–H and O–H groups in total. The van der Waals surface area contributed by atoms with Gasteiger partial charge in [-0.3, -0.25) is 38.4 Å². The summed E-state index contributed by atoms with van der Waals surface area (Å²) in [6.07, 6.45) is 5.72. The van der Waals surface area contributed by atoms with E-state index < -0.39 is 65.6 Å². The molecule has 0 aliphatic carbocycles. The topological polar surface area (TPSA) is 364 Å². The molecular weight excluding hydrogens is 1860 g/mol. The van der Waals surface area contributed by atoms with Gasteiger partial charge in [-0.05, 0) is 274 Å². The maximum Gasteiger partial charge on any atom is 1.00 e. The van der Waals surface area contributed by atoms with E-state index in [9.17, 15) is 56.7 Å². The van der Waals surface area contributed by atoms with E-state index in [4.69, 9.17) is 39.2 Å². The summed E-state index contributed by atoms with van der Waals surface area (Å²) in [4.78, 5) is 133. The number of halogens is 4. The Bertz CT molecular complexity index is 6630. The van der Waals surface area contributed by atoms with Crippen LogP contribution in [0.4, 0.5) is 30.2 Å². The smallest absolute Gasteiger partial charge is 0.550 e. The normalized spacial score (nSPS) is 11.6. The molecule has 4 heterocycles. The third kappa shape index (κ3) is 30.6. The number of ether oxygens (including phenoxy) is 3. The van der Waals surface area contributed by atoms with E-state index in [2.05, 4.69) is 47.0 Å². The van der Waals surface area contributed by atoms with Crippen molar-refractivity contribution >= 4 is 102 Å². The fourth-order valence-electron chi connectivity index (χ4n) is 14.0. The number of carbonyl (C=O) groups excluding carboxylic acids is 8. The Labute approximate surface area is 839 Å². The number of pyridine rings is 3. The Kier molecular flexibility index (Phi) is 44.3. The fourth-order valence-corrected chi connectivity index (χ4v) is 14.4. The molecule has 0 unspecified atom stereocenters. The number of rotatable bonds is 20. The van der Waals surface area contributed by atoms with E-state index in [1.54, 1.807) is 95.4 Å². The molecule has 139 heavy (non-hydrogen) atoms. The number of aromatic nitrogens is 3. The van der Waals surface area contributed by atoms with Crippen molar-refractivity contribution < 1.29 is 119 Å². The summed E-state index contributed by atoms with van der Waals surface area (Å²) < 4.78 is 77.5. The molecule has 0 saturated carbocycles. The molecule has 3 aromatic heterocycles. The molecule has 1 aliphatic heterocycles. The van der Waals surface area contributed by atoms with E-state index in [-0.39, 0.29) is 106 Å². The van der Waals surface area contributed by atoms with Gasteiger partial charge >= 0.3 is 48.6 Å². The summed E-state index contributed by atoms with van der Waals surface area (Å²) in [5.74, 6) is -4.43. The zero-order valence-electron chi connectivity index (χ0n) is 82.4. The monoisotopic (exact) mass is 1970 g/mol. The second-order valence-corrected chi connectivity index (χ2v) is 34.1. The van der Waals surface area contributed by atoms with Gasteiger partial charge in [0.15, 0.2) is 12.6 Å². The number of methoxy groups -OCH3 is 3. The number of nitrogens with zero attached hydrogens (tertiary/aromatic N) is 3.